The van der Waals surface area contributed by atoms with Crippen LogP contribution in [0.2, 0.25) is 0 Å². The Labute approximate surface area is 146 Å². The molecule has 1 aliphatic heterocycles. The molecule has 0 saturated carbocycles. The number of nitro groups is 1. The van der Waals surface area contributed by atoms with Gasteiger partial charge in [0.25, 0.3) is 5.69 Å². The number of carbonyl (C=O) groups is 1. The van der Waals surface area contributed by atoms with Crippen molar-refractivity contribution in [2.75, 3.05) is 13.1 Å². The Morgan fingerprint density at radius 1 is 1.04 bits per heavy atom. The van der Waals surface area contributed by atoms with Crippen molar-refractivity contribution in [1.29, 1.82) is 0 Å². The lowest BCUT2D eigenvalue weighted by atomic mass is 10.1. The quantitative estimate of drug-likeness (QED) is 0.457. The molecule has 0 bridgehead atoms. The van der Waals surface area contributed by atoms with E-state index >= 15 is 0 Å². The van der Waals surface area contributed by atoms with Gasteiger partial charge in [0.15, 0.2) is 0 Å². The SMILES string of the molecule is O=C(OCc1ccccc1CN1CCCC1)c1ccc([N+](=O)[O-])cc1. The second-order valence-electron chi connectivity index (χ2n) is 6.13. The minimum Gasteiger partial charge on any atom is -0.457 e. The molecule has 0 radical (unpaired) electrons. The first-order chi connectivity index (χ1) is 12.1. The molecule has 0 aromatic heterocycles. The smallest absolute Gasteiger partial charge is 0.338 e. The molecule has 0 amide bonds. The zero-order valence-corrected chi connectivity index (χ0v) is 13.9. The maximum absolute atomic E-state index is 12.2. The van der Waals surface area contributed by atoms with E-state index in [0.717, 1.165) is 25.2 Å². The van der Waals surface area contributed by atoms with Crippen molar-refractivity contribution < 1.29 is 14.5 Å². The Balaban J connectivity index is 1.62. The van der Waals surface area contributed by atoms with Crippen molar-refractivity contribution in [3.8, 4) is 0 Å². The van der Waals surface area contributed by atoms with Gasteiger partial charge in [0, 0.05) is 18.7 Å². The first kappa shape index (κ1) is 17.1. The summed E-state index contributed by atoms with van der Waals surface area (Å²) in [5.41, 5.74) is 2.42. The van der Waals surface area contributed by atoms with Gasteiger partial charge in [-0.1, -0.05) is 24.3 Å². The molecule has 25 heavy (non-hydrogen) atoms. The number of esters is 1. The summed E-state index contributed by atoms with van der Waals surface area (Å²) >= 11 is 0. The largest absolute Gasteiger partial charge is 0.457 e. The van der Waals surface area contributed by atoms with E-state index in [2.05, 4.69) is 11.0 Å². The molecule has 1 aliphatic rings. The van der Waals surface area contributed by atoms with Crippen LogP contribution in [0.4, 0.5) is 5.69 Å². The zero-order chi connectivity index (χ0) is 17.6. The highest BCUT2D eigenvalue weighted by atomic mass is 16.6. The van der Waals surface area contributed by atoms with Crippen LogP contribution in [0.5, 0.6) is 0 Å². The van der Waals surface area contributed by atoms with Gasteiger partial charge in [0.05, 0.1) is 10.5 Å². The third-order valence-electron chi connectivity index (χ3n) is 4.38. The van der Waals surface area contributed by atoms with Gasteiger partial charge in [-0.05, 0) is 49.2 Å². The van der Waals surface area contributed by atoms with Gasteiger partial charge in [-0.15, -0.1) is 0 Å². The van der Waals surface area contributed by atoms with Crippen molar-refractivity contribution in [2.45, 2.75) is 26.0 Å². The number of ether oxygens (including phenoxy) is 1. The Morgan fingerprint density at radius 2 is 1.68 bits per heavy atom. The van der Waals surface area contributed by atoms with Gasteiger partial charge in [0.1, 0.15) is 6.61 Å². The first-order valence-electron chi connectivity index (χ1n) is 8.34. The number of benzene rings is 2. The minimum atomic E-state index is -0.496. The molecule has 1 heterocycles. The summed E-state index contributed by atoms with van der Waals surface area (Å²) in [6, 6.07) is 13.4. The zero-order valence-electron chi connectivity index (χ0n) is 13.9. The normalized spacial score (nSPS) is 14.4. The fourth-order valence-electron chi connectivity index (χ4n) is 2.98. The summed E-state index contributed by atoms with van der Waals surface area (Å²) < 4.78 is 5.39. The fraction of sp³-hybridized carbons (Fsp3) is 0.316. The lowest BCUT2D eigenvalue weighted by Gasteiger charge is -2.17. The molecule has 1 saturated heterocycles. The number of likely N-dealkylation sites (tertiary alicyclic amines) is 1. The maximum Gasteiger partial charge on any atom is 0.338 e. The van der Waals surface area contributed by atoms with E-state index in [4.69, 9.17) is 4.74 Å². The van der Waals surface area contributed by atoms with Crippen LogP contribution in [-0.4, -0.2) is 28.9 Å². The molecule has 6 nitrogen and oxygen atoms in total. The van der Waals surface area contributed by atoms with Gasteiger partial charge >= 0.3 is 5.97 Å². The summed E-state index contributed by atoms with van der Waals surface area (Å²) in [6.45, 7) is 3.28. The highest BCUT2D eigenvalue weighted by Crippen LogP contribution is 2.18. The van der Waals surface area contributed by atoms with Gasteiger partial charge in [0.2, 0.25) is 0 Å². The van der Waals surface area contributed by atoms with E-state index in [1.165, 1.54) is 42.7 Å². The Hall–Kier alpha value is -2.73. The number of hydrogen-bond acceptors (Lipinski definition) is 5. The molecular weight excluding hydrogens is 320 g/mol. The van der Waals surface area contributed by atoms with E-state index < -0.39 is 10.9 Å². The first-order valence-corrected chi connectivity index (χ1v) is 8.34. The predicted molar refractivity (Wildman–Crippen MR) is 93.2 cm³/mol. The maximum atomic E-state index is 12.2. The van der Waals surface area contributed by atoms with Crippen LogP contribution in [0.1, 0.15) is 34.3 Å². The van der Waals surface area contributed by atoms with Crippen LogP contribution in [0.3, 0.4) is 0 Å². The molecule has 0 spiro atoms. The van der Waals surface area contributed by atoms with Crippen LogP contribution >= 0.6 is 0 Å². The van der Waals surface area contributed by atoms with Crippen molar-refractivity contribution in [1.82, 2.24) is 4.90 Å². The van der Waals surface area contributed by atoms with Gasteiger partial charge in [-0.2, -0.15) is 0 Å². The highest BCUT2D eigenvalue weighted by molar-refractivity contribution is 5.89. The third-order valence-corrected chi connectivity index (χ3v) is 4.38. The standard InChI is InChI=1S/C19H20N2O4/c22-19(15-7-9-18(10-8-15)21(23)24)25-14-17-6-2-1-5-16(17)13-20-11-3-4-12-20/h1-2,5-10H,3-4,11-14H2. The number of nitrogens with zero attached hydrogens (tertiary/aromatic N) is 2. The molecular formula is C19H20N2O4. The van der Waals surface area contributed by atoms with Crippen LogP contribution < -0.4 is 0 Å². The number of non-ortho nitro benzene ring substituents is 1. The lowest BCUT2D eigenvalue weighted by molar-refractivity contribution is -0.384. The summed E-state index contributed by atoms with van der Waals surface area (Å²) in [5.74, 6) is -0.481. The Kier molecular flexibility index (Phi) is 5.40. The van der Waals surface area contributed by atoms with E-state index in [1.807, 2.05) is 18.2 Å². The molecule has 6 heteroatoms. The molecule has 2 aromatic rings. The summed E-state index contributed by atoms with van der Waals surface area (Å²) in [6.07, 6.45) is 2.47. The average molecular weight is 340 g/mol. The molecule has 3 rings (SSSR count). The topological polar surface area (TPSA) is 72.7 Å². The number of rotatable bonds is 6. The van der Waals surface area contributed by atoms with E-state index in [1.54, 1.807) is 0 Å². The van der Waals surface area contributed by atoms with Crippen molar-refractivity contribution >= 4 is 11.7 Å². The molecule has 130 valence electrons. The van der Waals surface area contributed by atoms with Gasteiger partial charge in [-0.25, -0.2) is 4.79 Å². The monoisotopic (exact) mass is 340 g/mol. The highest BCUT2D eigenvalue weighted by Gasteiger charge is 2.15. The van der Waals surface area contributed by atoms with Gasteiger partial charge < -0.3 is 4.74 Å². The second-order valence-corrected chi connectivity index (χ2v) is 6.13. The summed E-state index contributed by atoms with van der Waals surface area (Å²) in [5, 5.41) is 10.7. The minimum absolute atomic E-state index is 0.0486. The van der Waals surface area contributed by atoms with Crippen LogP contribution in [0.25, 0.3) is 0 Å². The van der Waals surface area contributed by atoms with E-state index in [9.17, 15) is 14.9 Å². The molecule has 0 aliphatic carbocycles. The average Bonchev–Trinajstić information content (AvgIpc) is 3.14. The Bertz CT molecular complexity index is 752. The van der Waals surface area contributed by atoms with Crippen molar-refractivity contribution in [3.05, 3.63) is 75.3 Å². The Morgan fingerprint density at radius 3 is 2.32 bits per heavy atom. The molecule has 0 atom stereocenters. The van der Waals surface area contributed by atoms with Crippen molar-refractivity contribution in [3.63, 3.8) is 0 Å². The van der Waals surface area contributed by atoms with Crippen molar-refractivity contribution in [2.24, 2.45) is 0 Å². The van der Waals surface area contributed by atoms with E-state index in [-0.39, 0.29) is 12.3 Å². The number of carbonyl (C=O) groups excluding carboxylic acids is 1. The molecule has 0 N–H and O–H groups in total. The molecule has 1 fully saturated rings. The van der Waals surface area contributed by atoms with Gasteiger partial charge in [-0.3, -0.25) is 15.0 Å². The fourth-order valence-corrected chi connectivity index (χ4v) is 2.98. The van der Waals surface area contributed by atoms with Crippen LogP contribution in [-0.2, 0) is 17.9 Å². The lowest BCUT2D eigenvalue weighted by Crippen LogP contribution is -2.19. The molecule has 2 aromatic carbocycles. The predicted octanol–water partition coefficient (Wildman–Crippen LogP) is 3.55. The molecule has 0 unspecified atom stereocenters. The summed E-state index contributed by atoms with van der Waals surface area (Å²) in [4.78, 5) is 24.7. The van der Waals surface area contributed by atoms with E-state index in [0.29, 0.717) is 5.56 Å². The third kappa shape index (κ3) is 4.42. The number of hydrogen-bond donors (Lipinski definition) is 0. The van der Waals surface area contributed by atoms with Crippen LogP contribution in [0, 0.1) is 10.1 Å². The van der Waals surface area contributed by atoms with Crippen LogP contribution in [0.15, 0.2) is 48.5 Å². The summed E-state index contributed by atoms with van der Waals surface area (Å²) in [7, 11) is 0. The number of nitro benzene ring substituents is 1. The second kappa shape index (κ2) is 7.90.